The molecule has 0 saturated heterocycles. The van der Waals surface area contributed by atoms with Crippen LogP contribution in [0.4, 0.5) is 0 Å². The van der Waals surface area contributed by atoms with Crippen LogP contribution in [0.1, 0.15) is 217 Å². The lowest BCUT2D eigenvalue weighted by atomic mass is 9.99. The van der Waals surface area contributed by atoms with Gasteiger partial charge in [0.05, 0.1) is 12.2 Å². The monoisotopic (exact) mass is 701 g/mol. The Kier molecular flexibility index (Phi) is 31.5. The molecule has 1 aromatic carbocycles. The molecule has 0 saturated carbocycles. The Bertz CT molecular complexity index is 854. The molecule has 0 spiro atoms. The number of aryl methyl sites for hydroxylation is 2. The number of hydrogen-bond donors (Lipinski definition) is 4. The van der Waals surface area contributed by atoms with Crippen molar-refractivity contribution in [3.8, 4) is 0 Å². The average molecular weight is 701 g/mol. The largest absolute Gasteiger partial charge is 0.393 e. The number of aliphatic hydroxyl groups is 2. The lowest BCUT2D eigenvalue weighted by Crippen LogP contribution is -2.09. The quantitative estimate of drug-likeness (QED) is 0.0512. The number of nitrogens with two attached hydrogens (primary N) is 2. The van der Waals surface area contributed by atoms with Crippen LogP contribution in [-0.2, 0) is 22.4 Å². The molecular weight excluding hydrogens is 620 g/mol. The van der Waals surface area contributed by atoms with Crippen LogP contribution in [0, 0.1) is 0 Å². The maximum absolute atomic E-state index is 10.7. The molecule has 2 atom stereocenters. The first-order valence-electron chi connectivity index (χ1n) is 21.4. The first kappa shape index (κ1) is 46.1. The summed E-state index contributed by atoms with van der Waals surface area (Å²) in [7, 11) is 0. The topological polar surface area (TPSA) is 127 Å². The fraction of sp³-hybridized carbons (Fsp3) is 0.818. The van der Waals surface area contributed by atoms with Gasteiger partial charge < -0.3 is 21.7 Å². The minimum absolute atomic E-state index is 0.125. The molecule has 0 aliphatic carbocycles. The molecule has 1 aromatic rings. The summed E-state index contributed by atoms with van der Waals surface area (Å²) in [6.45, 7) is 0. The third-order valence-electron chi connectivity index (χ3n) is 10.4. The van der Waals surface area contributed by atoms with Gasteiger partial charge in [0, 0.05) is 12.8 Å². The maximum atomic E-state index is 10.7. The maximum Gasteiger partial charge on any atom is 0.217 e. The number of rotatable bonds is 38. The van der Waals surface area contributed by atoms with Gasteiger partial charge in [-0.05, 0) is 75.3 Å². The molecule has 50 heavy (non-hydrogen) atoms. The van der Waals surface area contributed by atoms with E-state index in [0.717, 1.165) is 77.0 Å². The van der Waals surface area contributed by atoms with Gasteiger partial charge in [-0.2, -0.15) is 0 Å². The van der Waals surface area contributed by atoms with Gasteiger partial charge in [-0.25, -0.2) is 0 Å². The first-order valence-corrected chi connectivity index (χ1v) is 21.4. The Morgan fingerprint density at radius 3 is 0.980 bits per heavy atom. The second kappa shape index (κ2) is 34.2. The highest BCUT2D eigenvalue weighted by atomic mass is 16.3. The van der Waals surface area contributed by atoms with Crippen LogP contribution >= 0.6 is 0 Å². The molecule has 6 heteroatoms. The van der Waals surface area contributed by atoms with Crippen LogP contribution in [-0.4, -0.2) is 34.2 Å². The van der Waals surface area contributed by atoms with E-state index in [9.17, 15) is 19.8 Å². The van der Waals surface area contributed by atoms with Crippen molar-refractivity contribution in [2.24, 2.45) is 11.5 Å². The van der Waals surface area contributed by atoms with Gasteiger partial charge in [-0.1, -0.05) is 166 Å². The van der Waals surface area contributed by atoms with E-state index < -0.39 is 0 Å². The normalized spacial score (nSPS) is 12.7. The fourth-order valence-corrected chi connectivity index (χ4v) is 7.19. The summed E-state index contributed by atoms with van der Waals surface area (Å²) in [4.78, 5) is 21.5. The van der Waals surface area contributed by atoms with Crippen molar-refractivity contribution in [3.05, 3.63) is 35.4 Å². The molecule has 0 bridgehead atoms. The summed E-state index contributed by atoms with van der Waals surface area (Å²) in [6, 6.07) is 9.23. The predicted molar refractivity (Wildman–Crippen MR) is 212 cm³/mol. The van der Waals surface area contributed by atoms with Crippen molar-refractivity contribution in [3.63, 3.8) is 0 Å². The molecule has 0 aliphatic rings. The van der Waals surface area contributed by atoms with Gasteiger partial charge >= 0.3 is 0 Å². The summed E-state index contributed by atoms with van der Waals surface area (Å²) >= 11 is 0. The third-order valence-corrected chi connectivity index (χ3v) is 10.4. The van der Waals surface area contributed by atoms with Gasteiger partial charge in [0.1, 0.15) is 0 Å². The highest BCUT2D eigenvalue weighted by Gasteiger charge is 2.06. The minimum atomic E-state index is -0.184. The van der Waals surface area contributed by atoms with Crippen LogP contribution < -0.4 is 11.5 Å². The zero-order chi connectivity index (χ0) is 36.3. The SMILES string of the molecule is NC(=O)CCCCCCCCCCC(O)CCCCCCCc1cccc(CCCCCCCC(O)CCCCCCCCCCC(N)=O)c1. The van der Waals surface area contributed by atoms with E-state index in [4.69, 9.17) is 11.5 Å². The summed E-state index contributed by atoms with van der Waals surface area (Å²) in [6.07, 6.45) is 38.0. The van der Waals surface area contributed by atoms with Crippen LogP contribution in [0.2, 0.25) is 0 Å². The summed E-state index contributed by atoms with van der Waals surface area (Å²) in [5.74, 6) is -0.367. The Morgan fingerprint density at radius 2 is 0.680 bits per heavy atom. The van der Waals surface area contributed by atoms with Crippen LogP contribution in [0.5, 0.6) is 0 Å². The van der Waals surface area contributed by atoms with E-state index in [1.165, 1.54) is 140 Å². The molecule has 6 nitrogen and oxygen atoms in total. The first-order chi connectivity index (χ1) is 24.4. The molecule has 0 heterocycles. The molecule has 0 aliphatic heterocycles. The lowest BCUT2D eigenvalue weighted by Gasteiger charge is -2.10. The van der Waals surface area contributed by atoms with Gasteiger partial charge in [-0.3, -0.25) is 9.59 Å². The summed E-state index contributed by atoms with van der Waals surface area (Å²) in [5.41, 5.74) is 13.3. The smallest absolute Gasteiger partial charge is 0.217 e. The number of primary amides is 2. The minimum Gasteiger partial charge on any atom is -0.393 e. The molecule has 2 amide bonds. The third kappa shape index (κ3) is 32.0. The predicted octanol–water partition coefficient (Wildman–Crippen LogP) is 10.9. The van der Waals surface area contributed by atoms with E-state index in [1.807, 2.05) is 0 Å². The van der Waals surface area contributed by atoms with Gasteiger partial charge in [0.25, 0.3) is 0 Å². The highest BCUT2D eigenvalue weighted by Crippen LogP contribution is 2.18. The number of benzene rings is 1. The molecular formula is C44H80N2O4. The molecule has 6 N–H and O–H groups in total. The second-order valence-electron chi connectivity index (χ2n) is 15.4. The van der Waals surface area contributed by atoms with Crippen LogP contribution in [0.15, 0.2) is 24.3 Å². The number of aliphatic hydroxyl groups excluding tert-OH is 2. The van der Waals surface area contributed by atoms with Gasteiger partial charge in [0.2, 0.25) is 11.8 Å². The van der Waals surface area contributed by atoms with Crippen LogP contribution in [0.3, 0.4) is 0 Å². The van der Waals surface area contributed by atoms with Crippen molar-refractivity contribution in [1.29, 1.82) is 0 Å². The molecule has 0 radical (unpaired) electrons. The lowest BCUT2D eigenvalue weighted by molar-refractivity contribution is -0.119. The molecule has 0 fully saturated rings. The molecule has 290 valence electrons. The van der Waals surface area contributed by atoms with Crippen molar-refractivity contribution in [1.82, 2.24) is 0 Å². The Labute approximate surface area is 308 Å². The van der Waals surface area contributed by atoms with Crippen molar-refractivity contribution < 1.29 is 19.8 Å². The Hall–Kier alpha value is -1.92. The highest BCUT2D eigenvalue weighted by molar-refractivity contribution is 5.73. The zero-order valence-electron chi connectivity index (χ0n) is 32.4. The Morgan fingerprint density at radius 1 is 0.420 bits per heavy atom. The van der Waals surface area contributed by atoms with Crippen molar-refractivity contribution in [2.45, 2.75) is 231 Å². The molecule has 0 aromatic heterocycles. The number of carbonyl (C=O) groups is 2. The van der Waals surface area contributed by atoms with Crippen molar-refractivity contribution >= 4 is 11.8 Å². The number of carbonyl (C=O) groups excluding carboxylic acids is 2. The molecule has 1 rings (SSSR count). The number of unbranched alkanes of at least 4 members (excludes halogenated alkanes) is 22. The standard InChI is InChI=1S/C44H80N2O4/c45-43(49)36-25-17-7-3-1-5-13-21-32-41(47)34-23-15-9-11-19-28-39-30-27-31-40(38-39)29-20-12-10-16-24-35-42(48)33-22-14-6-2-4-8-18-26-37-44(46)50/h27,30-31,38,41-42,47-48H,1-26,28-29,32-37H2,(H2,45,49)(H2,46,50). The summed E-state index contributed by atoms with van der Waals surface area (Å²) < 4.78 is 0. The summed E-state index contributed by atoms with van der Waals surface area (Å²) in [5, 5.41) is 20.7. The number of amides is 2. The number of hydrogen-bond acceptors (Lipinski definition) is 4. The van der Waals surface area contributed by atoms with E-state index >= 15 is 0 Å². The average Bonchev–Trinajstić information content (AvgIpc) is 3.09. The van der Waals surface area contributed by atoms with Crippen LogP contribution in [0.25, 0.3) is 0 Å². The van der Waals surface area contributed by atoms with Crippen molar-refractivity contribution in [2.75, 3.05) is 0 Å². The molecule has 2 unspecified atom stereocenters. The second-order valence-corrected chi connectivity index (χ2v) is 15.4. The van der Waals surface area contributed by atoms with E-state index in [-0.39, 0.29) is 24.0 Å². The zero-order valence-corrected chi connectivity index (χ0v) is 32.4. The van der Waals surface area contributed by atoms with E-state index in [0.29, 0.717) is 12.8 Å². The van der Waals surface area contributed by atoms with Gasteiger partial charge in [-0.15, -0.1) is 0 Å². The fourth-order valence-electron chi connectivity index (χ4n) is 7.19. The van der Waals surface area contributed by atoms with E-state index in [1.54, 1.807) is 0 Å². The van der Waals surface area contributed by atoms with E-state index in [2.05, 4.69) is 24.3 Å². The van der Waals surface area contributed by atoms with Gasteiger partial charge in [0.15, 0.2) is 0 Å². The Balaban J connectivity index is 1.90.